The van der Waals surface area contributed by atoms with Crippen molar-refractivity contribution < 1.29 is 4.52 Å². The Hall–Kier alpha value is -0.550. The minimum atomic E-state index is 0.154. The van der Waals surface area contributed by atoms with Crippen molar-refractivity contribution in [3.63, 3.8) is 0 Å². The van der Waals surface area contributed by atoms with Gasteiger partial charge in [-0.05, 0) is 32.7 Å². The molecule has 1 aliphatic carbocycles. The van der Waals surface area contributed by atoms with Gasteiger partial charge in [0, 0.05) is 5.25 Å². The Labute approximate surface area is 120 Å². The predicted octanol–water partition coefficient (Wildman–Crippen LogP) is 3.70. The monoisotopic (exact) mass is 283 g/mol. The molecule has 1 aromatic rings. The number of thioether (sulfide) groups is 1. The second-order valence-electron chi connectivity index (χ2n) is 5.30. The van der Waals surface area contributed by atoms with Crippen LogP contribution < -0.4 is 5.32 Å². The van der Waals surface area contributed by atoms with E-state index >= 15 is 0 Å². The molecule has 5 heteroatoms. The molecule has 108 valence electrons. The molecule has 0 spiro atoms. The largest absolute Gasteiger partial charge is 0.338 e. The van der Waals surface area contributed by atoms with Crippen LogP contribution >= 0.6 is 11.8 Å². The minimum absolute atomic E-state index is 0.154. The van der Waals surface area contributed by atoms with Gasteiger partial charge in [-0.2, -0.15) is 16.7 Å². The molecule has 1 atom stereocenters. The maximum absolute atomic E-state index is 5.33. The Morgan fingerprint density at radius 3 is 2.89 bits per heavy atom. The van der Waals surface area contributed by atoms with Gasteiger partial charge in [0.2, 0.25) is 5.89 Å². The van der Waals surface area contributed by atoms with Crippen molar-refractivity contribution in [1.82, 2.24) is 15.5 Å². The lowest BCUT2D eigenvalue weighted by Gasteiger charge is -2.20. The highest BCUT2D eigenvalue weighted by atomic mass is 32.2. The van der Waals surface area contributed by atoms with Crippen LogP contribution in [-0.4, -0.2) is 21.9 Å². The first-order valence-corrected chi connectivity index (χ1v) is 8.52. The highest BCUT2D eigenvalue weighted by molar-refractivity contribution is 7.99. The zero-order valence-electron chi connectivity index (χ0n) is 12.0. The van der Waals surface area contributed by atoms with Gasteiger partial charge < -0.3 is 9.84 Å². The Morgan fingerprint density at radius 1 is 1.37 bits per heavy atom. The summed E-state index contributed by atoms with van der Waals surface area (Å²) in [7, 11) is 0. The Bertz CT molecular complexity index is 363. The van der Waals surface area contributed by atoms with E-state index in [0.29, 0.717) is 5.89 Å². The van der Waals surface area contributed by atoms with Gasteiger partial charge in [0.05, 0.1) is 11.8 Å². The van der Waals surface area contributed by atoms with Crippen molar-refractivity contribution in [1.29, 1.82) is 0 Å². The third-order valence-electron chi connectivity index (χ3n) is 3.56. The fraction of sp³-hybridized carbons (Fsp3) is 0.857. The summed E-state index contributed by atoms with van der Waals surface area (Å²) in [4.78, 5) is 4.49. The third-order valence-corrected chi connectivity index (χ3v) is 4.92. The van der Waals surface area contributed by atoms with Crippen molar-refractivity contribution in [2.45, 2.75) is 69.4 Å². The SMILES string of the molecule is CCCNC(C)c1nc(CSC2CCCCC2)no1. The van der Waals surface area contributed by atoms with Crippen molar-refractivity contribution in [2.24, 2.45) is 0 Å². The number of aromatic nitrogens is 2. The molecule has 0 aromatic carbocycles. The predicted molar refractivity (Wildman–Crippen MR) is 79.2 cm³/mol. The van der Waals surface area contributed by atoms with Gasteiger partial charge in [-0.1, -0.05) is 31.3 Å². The fourth-order valence-corrected chi connectivity index (χ4v) is 3.54. The highest BCUT2D eigenvalue weighted by Gasteiger charge is 2.17. The van der Waals surface area contributed by atoms with Crippen LogP contribution in [0.1, 0.15) is 70.1 Å². The lowest BCUT2D eigenvalue weighted by atomic mass is 10.0. The van der Waals surface area contributed by atoms with Crippen LogP contribution in [0.2, 0.25) is 0 Å². The molecular weight excluding hydrogens is 258 g/mol. The highest BCUT2D eigenvalue weighted by Crippen LogP contribution is 2.30. The molecule has 2 rings (SSSR count). The summed E-state index contributed by atoms with van der Waals surface area (Å²) in [5.74, 6) is 2.44. The second-order valence-corrected chi connectivity index (χ2v) is 6.58. The summed E-state index contributed by atoms with van der Waals surface area (Å²) in [6.07, 6.45) is 7.99. The van der Waals surface area contributed by atoms with Crippen LogP contribution in [0.4, 0.5) is 0 Å². The maximum atomic E-state index is 5.33. The van der Waals surface area contributed by atoms with E-state index in [4.69, 9.17) is 4.52 Å². The number of hydrogen-bond acceptors (Lipinski definition) is 5. The van der Waals surface area contributed by atoms with E-state index in [0.717, 1.165) is 29.8 Å². The summed E-state index contributed by atoms with van der Waals surface area (Å²) in [5, 5.41) is 8.24. The molecule has 0 bridgehead atoms. The van der Waals surface area contributed by atoms with Gasteiger partial charge in [-0.3, -0.25) is 0 Å². The van der Waals surface area contributed by atoms with Crippen LogP contribution in [-0.2, 0) is 5.75 Å². The molecule has 1 heterocycles. The number of rotatable bonds is 7. The first kappa shape index (κ1) is 14.9. The van der Waals surface area contributed by atoms with E-state index in [1.165, 1.54) is 32.1 Å². The van der Waals surface area contributed by atoms with Crippen molar-refractivity contribution in [3.8, 4) is 0 Å². The number of hydrogen-bond donors (Lipinski definition) is 1. The van der Waals surface area contributed by atoms with Crippen LogP contribution in [0.5, 0.6) is 0 Å². The smallest absolute Gasteiger partial charge is 0.243 e. The van der Waals surface area contributed by atoms with Gasteiger partial charge in [-0.25, -0.2) is 0 Å². The van der Waals surface area contributed by atoms with Gasteiger partial charge in [-0.15, -0.1) is 0 Å². The lowest BCUT2D eigenvalue weighted by molar-refractivity contribution is 0.337. The standard InChI is InChI=1S/C14H25N3OS/c1-3-9-15-11(2)14-16-13(17-18-14)10-19-12-7-5-4-6-8-12/h11-12,15H,3-10H2,1-2H3. The molecule has 4 nitrogen and oxygen atoms in total. The fourth-order valence-electron chi connectivity index (χ4n) is 2.37. The van der Waals surface area contributed by atoms with E-state index < -0.39 is 0 Å². The van der Waals surface area contributed by atoms with E-state index in [9.17, 15) is 0 Å². The molecule has 0 aliphatic heterocycles. The number of nitrogens with one attached hydrogen (secondary N) is 1. The molecule has 19 heavy (non-hydrogen) atoms. The van der Waals surface area contributed by atoms with E-state index in [1.54, 1.807) is 0 Å². The third kappa shape index (κ3) is 4.80. The maximum Gasteiger partial charge on any atom is 0.243 e. The molecule has 1 saturated carbocycles. The molecule has 1 aromatic heterocycles. The molecule has 0 radical (unpaired) electrons. The van der Waals surface area contributed by atoms with Crippen LogP contribution in [0.15, 0.2) is 4.52 Å². The van der Waals surface area contributed by atoms with Gasteiger partial charge in [0.25, 0.3) is 0 Å². The van der Waals surface area contributed by atoms with Crippen molar-refractivity contribution in [2.75, 3.05) is 6.54 Å². The van der Waals surface area contributed by atoms with Crippen molar-refractivity contribution >= 4 is 11.8 Å². The molecule has 0 amide bonds. The molecule has 1 unspecified atom stereocenters. The molecular formula is C14H25N3OS. The van der Waals surface area contributed by atoms with Gasteiger partial charge in [0.15, 0.2) is 5.82 Å². The summed E-state index contributed by atoms with van der Waals surface area (Å²) >= 11 is 1.99. The second kappa shape index (κ2) is 7.90. The Morgan fingerprint density at radius 2 is 2.16 bits per heavy atom. The summed E-state index contributed by atoms with van der Waals surface area (Å²) in [6, 6.07) is 0.154. The number of nitrogens with zero attached hydrogens (tertiary/aromatic N) is 2. The van der Waals surface area contributed by atoms with E-state index in [1.807, 2.05) is 11.8 Å². The average Bonchev–Trinajstić information content (AvgIpc) is 2.92. The zero-order valence-corrected chi connectivity index (χ0v) is 12.8. The topological polar surface area (TPSA) is 51.0 Å². The van der Waals surface area contributed by atoms with Crippen molar-refractivity contribution in [3.05, 3.63) is 11.7 Å². The molecule has 1 fully saturated rings. The van der Waals surface area contributed by atoms with Gasteiger partial charge >= 0.3 is 0 Å². The van der Waals surface area contributed by atoms with E-state index in [-0.39, 0.29) is 6.04 Å². The van der Waals surface area contributed by atoms with Crippen LogP contribution in [0, 0.1) is 0 Å². The first-order chi connectivity index (χ1) is 9.29. The minimum Gasteiger partial charge on any atom is -0.338 e. The molecule has 0 saturated heterocycles. The van der Waals surface area contributed by atoms with Crippen LogP contribution in [0.3, 0.4) is 0 Å². The Kier molecular flexibility index (Phi) is 6.17. The normalized spacial score (nSPS) is 18.6. The van der Waals surface area contributed by atoms with Gasteiger partial charge in [0.1, 0.15) is 0 Å². The first-order valence-electron chi connectivity index (χ1n) is 7.47. The molecule has 1 aliphatic rings. The lowest BCUT2D eigenvalue weighted by Crippen LogP contribution is -2.19. The summed E-state index contributed by atoms with van der Waals surface area (Å²) in [5.41, 5.74) is 0. The summed E-state index contributed by atoms with van der Waals surface area (Å²) < 4.78 is 5.33. The quantitative estimate of drug-likeness (QED) is 0.827. The van der Waals surface area contributed by atoms with E-state index in [2.05, 4.69) is 29.3 Å². The molecule has 1 N–H and O–H groups in total. The zero-order chi connectivity index (χ0) is 13.5. The Balaban J connectivity index is 1.76. The average molecular weight is 283 g/mol. The van der Waals surface area contributed by atoms with Crippen LogP contribution in [0.25, 0.3) is 0 Å². The summed E-state index contributed by atoms with van der Waals surface area (Å²) in [6.45, 7) is 5.21.